The summed E-state index contributed by atoms with van der Waals surface area (Å²) in [6, 6.07) is 5.64. The summed E-state index contributed by atoms with van der Waals surface area (Å²) in [4.78, 5) is 41.5. The molecule has 0 radical (unpaired) electrons. The van der Waals surface area contributed by atoms with Crippen LogP contribution in [0.3, 0.4) is 0 Å². The lowest BCUT2D eigenvalue weighted by Crippen LogP contribution is -2.52. The van der Waals surface area contributed by atoms with Crippen molar-refractivity contribution in [1.29, 1.82) is 0 Å². The maximum absolute atomic E-state index is 15.5. The second kappa shape index (κ2) is 11.4. The van der Waals surface area contributed by atoms with Crippen LogP contribution < -0.4 is 10.6 Å². The lowest BCUT2D eigenvalue weighted by atomic mass is 9.92. The number of hydrogen-bond acceptors (Lipinski definition) is 5. The van der Waals surface area contributed by atoms with Gasteiger partial charge in [-0.3, -0.25) is 14.3 Å². The molecule has 2 heterocycles. The summed E-state index contributed by atoms with van der Waals surface area (Å²) in [6.07, 6.45) is 2.73. The summed E-state index contributed by atoms with van der Waals surface area (Å²) in [5, 5.41) is 9.65. The number of hydrogen-bond donors (Lipinski definition) is 2. The van der Waals surface area contributed by atoms with Crippen molar-refractivity contribution in [2.24, 2.45) is 24.3 Å². The molecular weight excluding hydrogens is 556 g/mol. The Bertz CT molecular complexity index is 1570. The van der Waals surface area contributed by atoms with Gasteiger partial charge in [-0.05, 0) is 72.4 Å². The highest BCUT2D eigenvalue weighted by molar-refractivity contribution is 5.95. The number of aromatic nitrogens is 2. The zero-order valence-corrected chi connectivity index (χ0v) is 25.2. The Balaban J connectivity index is 1.49. The number of benzene rings is 2. The normalized spacial score (nSPS) is 20.7. The van der Waals surface area contributed by atoms with E-state index in [0.717, 1.165) is 22.8 Å². The smallest absolute Gasteiger partial charge is 0.322 e. The lowest BCUT2D eigenvalue weighted by Gasteiger charge is -2.31. The molecule has 1 aliphatic carbocycles. The van der Waals surface area contributed by atoms with Crippen molar-refractivity contribution >= 4 is 23.6 Å². The number of anilines is 1. The Hall–Kier alpha value is -4.28. The molecule has 2 aromatic carbocycles. The van der Waals surface area contributed by atoms with Crippen LogP contribution in [0.4, 0.5) is 19.3 Å². The number of rotatable bonds is 8. The van der Waals surface area contributed by atoms with Gasteiger partial charge in [0.15, 0.2) is 11.6 Å². The number of carbonyl (C=O) groups is 3. The number of likely N-dealkylation sites (tertiary alicyclic amines) is 1. The van der Waals surface area contributed by atoms with Crippen LogP contribution in [0.1, 0.15) is 49.9 Å². The van der Waals surface area contributed by atoms with Gasteiger partial charge >= 0.3 is 12.0 Å². The predicted octanol–water partition coefficient (Wildman–Crippen LogP) is 5.28. The molecule has 0 spiro atoms. The number of amides is 3. The first-order valence-corrected chi connectivity index (χ1v) is 14.4. The zero-order chi connectivity index (χ0) is 31.2. The van der Waals surface area contributed by atoms with Crippen LogP contribution in [0.15, 0.2) is 42.7 Å². The molecule has 4 atom stereocenters. The van der Waals surface area contributed by atoms with Crippen molar-refractivity contribution in [1.82, 2.24) is 20.0 Å². The fraction of sp³-hybridized carbons (Fsp3) is 0.438. The Labute approximate surface area is 249 Å². The monoisotopic (exact) mass is 593 g/mol. The second-order valence-electron chi connectivity index (χ2n) is 12.1. The van der Waals surface area contributed by atoms with Crippen LogP contribution in [-0.4, -0.2) is 51.8 Å². The lowest BCUT2D eigenvalue weighted by molar-refractivity contribution is -0.144. The number of esters is 1. The molecule has 1 saturated carbocycles. The zero-order valence-electron chi connectivity index (χ0n) is 25.2. The minimum atomic E-state index is -1.24. The molecule has 1 saturated heterocycles. The molecule has 0 bridgehead atoms. The first kappa shape index (κ1) is 30.2. The molecule has 2 fully saturated rings. The molecule has 11 heteroatoms. The first-order valence-electron chi connectivity index (χ1n) is 14.4. The Morgan fingerprint density at radius 3 is 2.49 bits per heavy atom. The van der Waals surface area contributed by atoms with E-state index in [1.165, 1.54) is 17.2 Å². The summed E-state index contributed by atoms with van der Waals surface area (Å²) in [5.74, 6) is -3.53. The van der Waals surface area contributed by atoms with E-state index in [0.29, 0.717) is 17.8 Å². The Morgan fingerprint density at radius 1 is 1.16 bits per heavy atom. The standard InChI is InChI=1S/C32H37F2N5O4/c1-7-43-25(40)13-24(21-11-19(12-23(33)28(21)34)26-17(2)9-8-10-18(26)3)37-30(41)29-27-22(32(27,4)5)16-39(29)31(42)36-20-14-35-38(6)15-20/h8-12,14-15,22,24,27,29H,7,13,16H2,1-6H3,(H,36,42)(H,37,41)/t22-,24-,27-,29-/m0/s1. The molecule has 2 N–H and O–H groups in total. The van der Waals surface area contributed by atoms with E-state index in [9.17, 15) is 14.4 Å². The number of halogens is 2. The van der Waals surface area contributed by atoms with Gasteiger partial charge in [-0.2, -0.15) is 5.10 Å². The number of fused-ring (bicyclic) bond motifs is 1. The molecule has 3 amide bonds. The van der Waals surface area contributed by atoms with E-state index in [4.69, 9.17) is 4.74 Å². The highest BCUT2D eigenvalue weighted by Gasteiger charge is 2.69. The van der Waals surface area contributed by atoms with Crippen LogP contribution in [0.2, 0.25) is 0 Å². The van der Waals surface area contributed by atoms with E-state index in [1.54, 1.807) is 24.9 Å². The van der Waals surface area contributed by atoms with Crippen molar-refractivity contribution in [3.63, 3.8) is 0 Å². The molecule has 228 valence electrons. The topological polar surface area (TPSA) is 106 Å². The van der Waals surface area contributed by atoms with E-state index in [2.05, 4.69) is 15.7 Å². The van der Waals surface area contributed by atoms with Gasteiger partial charge < -0.3 is 20.3 Å². The van der Waals surface area contributed by atoms with Gasteiger partial charge in [-0.15, -0.1) is 0 Å². The SMILES string of the molecule is CCOC(=O)C[C@H](NC(=O)[C@@H]1[C@@H]2[C@H](CN1C(=O)Nc1cnn(C)c1)C2(C)C)c1cc(-c2c(C)cccc2C)cc(F)c1F. The van der Waals surface area contributed by atoms with Crippen LogP contribution in [0.25, 0.3) is 11.1 Å². The number of nitrogens with zero attached hydrogens (tertiary/aromatic N) is 3. The fourth-order valence-corrected chi connectivity index (χ4v) is 6.64. The van der Waals surface area contributed by atoms with E-state index in [1.807, 2.05) is 45.9 Å². The first-order chi connectivity index (χ1) is 20.3. The van der Waals surface area contributed by atoms with Crippen molar-refractivity contribution < 1.29 is 27.9 Å². The Morgan fingerprint density at radius 2 is 1.86 bits per heavy atom. The molecule has 43 heavy (non-hydrogen) atoms. The number of ether oxygens (including phenoxy) is 1. The molecule has 5 rings (SSSR count). The number of carbonyl (C=O) groups excluding carboxylic acids is 3. The van der Waals surface area contributed by atoms with Crippen molar-refractivity contribution in [3.05, 3.63) is 71.1 Å². The van der Waals surface area contributed by atoms with Crippen molar-refractivity contribution in [2.75, 3.05) is 18.5 Å². The van der Waals surface area contributed by atoms with Gasteiger partial charge in [-0.25, -0.2) is 13.6 Å². The third-order valence-corrected chi connectivity index (χ3v) is 8.89. The number of aryl methyl sites for hydroxylation is 3. The molecule has 2 aliphatic rings. The maximum atomic E-state index is 15.5. The minimum Gasteiger partial charge on any atom is -0.466 e. The number of urea groups is 1. The summed E-state index contributed by atoms with van der Waals surface area (Å²) in [5.41, 5.74) is 3.01. The van der Waals surface area contributed by atoms with Gasteiger partial charge in [0.1, 0.15) is 6.04 Å². The van der Waals surface area contributed by atoms with Gasteiger partial charge in [-0.1, -0.05) is 32.0 Å². The quantitative estimate of drug-likeness (QED) is 0.346. The van der Waals surface area contributed by atoms with Crippen LogP contribution >= 0.6 is 0 Å². The third-order valence-electron chi connectivity index (χ3n) is 8.89. The van der Waals surface area contributed by atoms with E-state index >= 15 is 8.78 Å². The second-order valence-corrected chi connectivity index (χ2v) is 12.1. The molecular formula is C32H37F2N5O4. The van der Waals surface area contributed by atoms with Crippen molar-refractivity contribution in [3.8, 4) is 11.1 Å². The molecule has 0 unspecified atom stereocenters. The average molecular weight is 594 g/mol. The predicted molar refractivity (Wildman–Crippen MR) is 157 cm³/mol. The Kier molecular flexibility index (Phi) is 8.02. The van der Waals surface area contributed by atoms with Gasteiger partial charge in [0, 0.05) is 25.4 Å². The molecule has 1 aliphatic heterocycles. The summed E-state index contributed by atoms with van der Waals surface area (Å²) in [7, 11) is 1.72. The number of nitrogens with one attached hydrogen (secondary N) is 2. The van der Waals surface area contributed by atoms with E-state index in [-0.39, 0.29) is 29.4 Å². The van der Waals surface area contributed by atoms with E-state index < -0.39 is 48.0 Å². The summed E-state index contributed by atoms with van der Waals surface area (Å²) in [6.45, 7) is 9.91. The molecule has 1 aromatic heterocycles. The van der Waals surface area contributed by atoms with Crippen LogP contribution in [0, 0.1) is 42.7 Å². The third kappa shape index (κ3) is 5.72. The summed E-state index contributed by atoms with van der Waals surface area (Å²) < 4.78 is 37.3. The minimum absolute atomic E-state index is 0.0850. The average Bonchev–Trinajstić information content (AvgIpc) is 3.27. The largest absolute Gasteiger partial charge is 0.466 e. The highest BCUT2D eigenvalue weighted by atomic mass is 19.2. The maximum Gasteiger partial charge on any atom is 0.322 e. The van der Waals surface area contributed by atoms with Gasteiger partial charge in [0.25, 0.3) is 0 Å². The summed E-state index contributed by atoms with van der Waals surface area (Å²) >= 11 is 0. The number of piperidine rings is 1. The molecule has 3 aromatic rings. The van der Waals surface area contributed by atoms with Gasteiger partial charge in [0.05, 0.1) is 31.0 Å². The molecule has 9 nitrogen and oxygen atoms in total. The van der Waals surface area contributed by atoms with Crippen molar-refractivity contribution in [2.45, 2.75) is 53.1 Å². The van der Waals surface area contributed by atoms with Crippen LogP contribution in [0.5, 0.6) is 0 Å². The fourth-order valence-electron chi connectivity index (χ4n) is 6.64. The highest BCUT2D eigenvalue weighted by Crippen LogP contribution is 2.65. The van der Waals surface area contributed by atoms with Crippen LogP contribution in [-0.2, 0) is 21.4 Å². The van der Waals surface area contributed by atoms with Gasteiger partial charge in [0.2, 0.25) is 5.91 Å².